The van der Waals surface area contributed by atoms with Crippen molar-refractivity contribution in [2.75, 3.05) is 5.32 Å². The van der Waals surface area contributed by atoms with Gasteiger partial charge in [0.1, 0.15) is 0 Å². The van der Waals surface area contributed by atoms with Crippen LogP contribution in [0.1, 0.15) is 34.6 Å². The molecule has 132 valence electrons. The van der Waals surface area contributed by atoms with E-state index in [1.54, 1.807) is 12.1 Å². The Labute approximate surface area is 159 Å². The van der Waals surface area contributed by atoms with Crippen LogP contribution >= 0.6 is 11.6 Å². The van der Waals surface area contributed by atoms with Crippen molar-refractivity contribution in [1.82, 2.24) is 0 Å². The zero-order valence-electron chi connectivity index (χ0n) is 15.0. The predicted octanol–water partition coefficient (Wildman–Crippen LogP) is 6.12. The summed E-state index contributed by atoms with van der Waals surface area (Å²) in [5, 5.41) is 3.56. The highest BCUT2D eigenvalue weighted by Gasteiger charge is 2.19. The number of nitrogens with one attached hydrogen (secondary N) is 1. The molecule has 0 bridgehead atoms. The first kappa shape index (κ1) is 18.2. The quantitative estimate of drug-likeness (QED) is 0.581. The summed E-state index contributed by atoms with van der Waals surface area (Å²) in [4.78, 5) is 12.7. The summed E-state index contributed by atoms with van der Waals surface area (Å²) in [7, 11) is 0. The number of anilines is 1. The van der Waals surface area contributed by atoms with Gasteiger partial charge >= 0.3 is 0 Å². The lowest BCUT2D eigenvalue weighted by atomic mass is 9.87. The minimum Gasteiger partial charge on any atom is -0.326 e. The molecule has 0 aromatic heterocycles. The Morgan fingerprint density at radius 1 is 0.885 bits per heavy atom. The van der Waals surface area contributed by atoms with Gasteiger partial charge in [0.05, 0.1) is 0 Å². The number of carbonyl (C=O) groups is 1. The highest BCUT2D eigenvalue weighted by Crippen LogP contribution is 2.30. The van der Waals surface area contributed by atoms with E-state index in [0.717, 1.165) is 16.8 Å². The number of benzene rings is 3. The van der Waals surface area contributed by atoms with Crippen LogP contribution in [0.15, 0.2) is 72.8 Å². The third kappa shape index (κ3) is 4.53. The molecule has 0 spiro atoms. The van der Waals surface area contributed by atoms with E-state index in [4.69, 9.17) is 11.6 Å². The molecule has 1 N–H and O–H groups in total. The molecule has 1 unspecified atom stereocenters. The van der Waals surface area contributed by atoms with Crippen LogP contribution in [-0.2, 0) is 4.79 Å². The van der Waals surface area contributed by atoms with E-state index in [9.17, 15) is 4.79 Å². The lowest BCUT2D eigenvalue weighted by Crippen LogP contribution is -2.16. The topological polar surface area (TPSA) is 29.1 Å². The highest BCUT2D eigenvalue weighted by atomic mass is 35.5. The summed E-state index contributed by atoms with van der Waals surface area (Å²) in [6.07, 6.45) is 0.374. The van der Waals surface area contributed by atoms with E-state index >= 15 is 0 Å². The van der Waals surface area contributed by atoms with Gasteiger partial charge in [0, 0.05) is 23.0 Å². The van der Waals surface area contributed by atoms with E-state index in [-0.39, 0.29) is 11.8 Å². The molecule has 3 rings (SSSR count). The zero-order chi connectivity index (χ0) is 18.5. The van der Waals surface area contributed by atoms with Crippen molar-refractivity contribution >= 4 is 23.2 Å². The number of amides is 1. The van der Waals surface area contributed by atoms with Crippen molar-refractivity contribution in [1.29, 1.82) is 0 Å². The van der Waals surface area contributed by atoms with Gasteiger partial charge in [-0.3, -0.25) is 4.79 Å². The molecule has 0 radical (unpaired) electrons. The van der Waals surface area contributed by atoms with E-state index < -0.39 is 0 Å². The Hall–Kier alpha value is -2.58. The van der Waals surface area contributed by atoms with Crippen LogP contribution in [0.3, 0.4) is 0 Å². The second-order valence-electron chi connectivity index (χ2n) is 6.57. The average Bonchev–Trinajstić information content (AvgIpc) is 2.63. The van der Waals surface area contributed by atoms with Crippen molar-refractivity contribution in [2.45, 2.75) is 26.2 Å². The van der Waals surface area contributed by atoms with Gasteiger partial charge in [0.15, 0.2) is 0 Å². The maximum Gasteiger partial charge on any atom is 0.225 e. The summed E-state index contributed by atoms with van der Waals surface area (Å²) in [5.74, 6) is -0.0194. The molecule has 2 nitrogen and oxygen atoms in total. The Morgan fingerprint density at radius 2 is 1.65 bits per heavy atom. The fourth-order valence-corrected chi connectivity index (χ4v) is 3.25. The fourth-order valence-electron chi connectivity index (χ4n) is 3.06. The molecule has 1 atom stereocenters. The summed E-state index contributed by atoms with van der Waals surface area (Å²) < 4.78 is 0. The molecule has 0 aliphatic rings. The number of hydrogen-bond donors (Lipinski definition) is 1. The van der Waals surface area contributed by atoms with Crippen molar-refractivity contribution in [2.24, 2.45) is 0 Å². The Bertz CT molecular complexity index is 905. The largest absolute Gasteiger partial charge is 0.326 e. The molecular formula is C23H22ClNO. The van der Waals surface area contributed by atoms with Crippen LogP contribution in [0.2, 0.25) is 5.02 Å². The smallest absolute Gasteiger partial charge is 0.225 e. The van der Waals surface area contributed by atoms with E-state index in [2.05, 4.69) is 49.5 Å². The van der Waals surface area contributed by atoms with Crippen molar-refractivity contribution < 1.29 is 4.79 Å². The second-order valence-corrected chi connectivity index (χ2v) is 7.01. The summed E-state index contributed by atoms with van der Waals surface area (Å²) in [6, 6.07) is 23.8. The second kappa shape index (κ2) is 8.20. The monoisotopic (exact) mass is 363 g/mol. The van der Waals surface area contributed by atoms with E-state index in [0.29, 0.717) is 11.4 Å². The number of halogens is 1. The Kier molecular flexibility index (Phi) is 5.75. The van der Waals surface area contributed by atoms with Gasteiger partial charge in [-0.25, -0.2) is 0 Å². The van der Waals surface area contributed by atoms with Crippen LogP contribution < -0.4 is 5.32 Å². The SMILES string of the molecule is Cc1ccc(C(CC(=O)Nc2cccc(Cl)c2)c2ccccc2)cc1C. The minimum atomic E-state index is -0.0284. The number of hydrogen-bond acceptors (Lipinski definition) is 1. The van der Waals surface area contributed by atoms with Gasteiger partial charge in [0.25, 0.3) is 0 Å². The first-order chi connectivity index (χ1) is 12.5. The number of carbonyl (C=O) groups excluding carboxylic acids is 1. The van der Waals surface area contributed by atoms with Gasteiger partial charge in [-0.2, -0.15) is 0 Å². The lowest BCUT2D eigenvalue weighted by molar-refractivity contribution is -0.116. The molecule has 0 aliphatic heterocycles. The minimum absolute atomic E-state index is 0.00897. The summed E-state index contributed by atoms with van der Waals surface area (Å²) >= 11 is 6.01. The molecule has 1 amide bonds. The van der Waals surface area contributed by atoms with Crippen molar-refractivity contribution in [3.05, 3.63) is 100 Å². The standard InChI is InChI=1S/C23H22ClNO/c1-16-11-12-19(13-17(16)2)22(18-7-4-3-5-8-18)15-23(26)25-21-10-6-9-20(24)14-21/h3-14,22H,15H2,1-2H3,(H,25,26). The van der Waals surface area contributed by atoms with Crippen LogP contribution in [0.4, 0.5) is 5.69 Å². The summed E-state index contributed by atoms with van der Waals surface area (Å²) in [5.41, 5.74) is 5.49. The van der Waals surface area contributed by atoms with Gasteiger partial charge in [-0.1, -0.05) is 66.2 Å². The molecule has 26 heavy (non-hydrogen) atoms. The van der Waals surface area contributed by atoms with Gasteiger partial charge in [-0.05, 0) is 54.3 Å². The maximum atomic E-state index is 12.7. The predicted molar refractivity (Wildman–Crippen MR) is 109 cm³/mol. The zero-order valence-corrected chi connectivity index (χ0v) is 15.8. The molecule has 3 heteroatoms. The normalized spacial score (nSPS) is 11.8. The van der Waals surface area contributed by atoms with E-state index in [1.165, 1.54) is 11.1 Å². The Balaban J connectivity index is 1.86. The van der Waals surface area contributed by atoms with Crippen LogP contribution in [0.25, 0.3) is 0 Å². The van der Waals surface area contributed by atoms with E-state index in [1.807, 2.05) is 30.3 Å². The summed E-state index contributed by atoms with van der Waals surface area (Å²) in [6.45, 7) is 4.20. The fraction of sp³-hybridized carbons (Fsp3) is 0.174. The van der Waals surface area contributed by atoms with Crippen LogP contribution in [0, 0.1) is 13.8 Å². The first-order valence-corrected chi connectivity index (χ1v) is 9.08. The highest BCUT2D eigenvalue weighted by molar-refractivity contribution is 6.30. The molecule has 3 aromatic rings. The average molecular weight is 364 g/mol. The molecule has 0 fully saturated rings. The van der Waals surface area contributed by atoms with Gasteiger partial charge < -0.3 is 5.32 Å². The van der Waals surface area contributed by atoms with Gasteiger partial charge in [0.2, 0.25) is 5.91 Å². The van der Waals surface area contributed by atoms with Crippen LogP contribution in [0.5, 0.6) is 0 Å². The molecular weight excluding hydrogens is 342 g/mol. The third-order valence-electron chi connectivity index (χ3n) is 4.63. The van der Waals surface area contributed by atoms with Crippen molar-refractivity contribution in [3.8, 4) is 0 Å². The Morgan fingerprint density at radius 3 is 2.35 bits per heavy atom. The molecule has 0 saturated heterocycles. The number of rotatable bonds is 5. The van der Waals surface area contributed by atoms with Crippen molar-refractivity contribution in [3.63, 3.8) is 0 Å². The molecule has 0 aliphatic carbocycles. The third-order valence-corrected chi connectivity index (χ3v) is 4.87. The maximum absolute atomic E-state index is 12.7. The first-order valence-electron chi connectivity index (χ1n) is 8.70. The van der Waals surface area contributed by atoms with Gasteiger partial charge in [-0.15, -0.1) is 0 Å². The molecule has 0 saturated carbocycles. The molecule has 0 heterocycles. The molecule has 3 aromatic carbocycles. The lowest BCUT2D eigenvalue weighted by Gasteiger charge is -2.19. The number of aryl methyl sites for hydroxylation is 2. The van der Waals surface area contributed by atoms with Crippen LogP contribution in [-0.4, -0.2) is 5.91 Å².